The summed E-state index contributed by atoms with van der Waals surface area (Å²) in [4.78, 5) is 0. The summed E-state index contributed by atoms with van der Waals surface area (Å²) in [5.41, 5.74) is 1.49. The van der Waals surface area contributed by atoms with Gasteiger partial charge in [0.15, 0.2) is 0 Å². The monoisotopic (exact) mass is 247 g/mol. The fourth-order valence-electron chi connectivity index (χ4n) is 2.48. The molecule has 0 aromatic heterocycles. The first-order valence-corrected chi connectivity index (χ1v) is 6.81. The highest BCUT2D eigenvalue weighted by Gasteiger charge is 2.40. The van der Waals surface area contributed by atoms with Crippen molar-refractivity contribution >= 4 is 0 Å². The van der Waals surface area contributed by atoms with E-state index in [1.807, 2.05) is 6.07 Å². The van der Waals surface area contributed by atoms with Crippen molar-refractivity contribution in [2.24, 2.45) is 5.41 Å². The Labute approximate surface area is 111 Å². The van der Waals surface area contributed by atoms with E-state index in [1.165, 1.54) is 12.0 Å². The van der Waals surface area contributed by atoms with Gasteiger partial charge in [-0.05, 0) is 38.3 Å². The normalized spacial score (nSPS) is 21.5. The van der Waals surface area contributed by atoms with Gasteiger partial charge < -0.3 is 10.1 Å². The molecule has 1 aliphatic rings. The maximum absolute atomic E-state index is 6.03. The maximum atomic E-state index is 6.03. The molecule has 0 spiro atoms. The van der Waals surface area contributed by atoms with E-state index in [9.17, 15) is 0 Å². The van der Waals surface area contributed by atoms with Crippen molar-refractivity contribution in [2.75, 3.05) is 6.54 Å². The number of hydrogen-bond donors (Lipinski definition) is 1. The Morgan fingerprint density at radius 2 is 1.89 bits per heavy atom. The molecule has 0 saturated heterocycles. The summed E-state index contributed by atoms with van der Waals surface area (Å²) in [5, 5.41) is 3.66. The van der Waals surface area contributed by atoms with Crippen LogP contribution in [0.4, 0.5) is 0 Å². The van der Waals surface area contributed by atoms with Crippen LogP contribution in [0.2, 0.25) is 0 Å². The van der Waals surface area contributed by atoms with Crippen molar-refractivity contribution in [1.82, 2.24) is 5.32 Å². The van der Waals surface area contributed by atoms with E-state index in [-0.39, 0.29) is 11.6 Å². The minimum Gasteiger partial charge on any atom is -0.486 e. The van der Waals surface area contributed by atoms with E-state index in [0.717, 1.165) is 12.3 Å². The van der Waals surface area contributed by atoms with Gasteiger partial charge >= 0.3 is 0 Å². The SMILES string of the molecule is CC(C)(C)CCNC1c2ccccc2OC1(C)C. The van der Waals surface area contributed by atoms with Crippen LogP contribution in [0.15, 0.2) is 24.3 Å². The quantitative estimate of drug-likeness (QED) is 0.874. The molecule has 2 nitrogen and oxygen atoms in total. The maximum Gasteiger partial charge on any atom is 0.125 e. The van der Waals surface area contributed by atoms with E-state index in [0.29, 0.717) is 5.41 Å². The molecule has 0 aliphatic carbocycles. The van der Waals surface area contributed by atoms with Crippen LogP contribution in [-0.2, 0) is 0 Å². The van der Waals surface area contributed by atoms with Gasteiger partial charge in [0.05, 0.1) is 6.04 Å². The van der Waals surface area contributed by atoms with Gasteiger partial charge in [-0.1, -0.05) is 39.0 Å². The molecule has 0 fully saturated rings. The Morgan fingerprint density at radius 1 is 1.22 bits per heavy atom. The zero-order valence-electron chi connectivity index (χ0n) is 12.2. The van der Waals surface area contributed by atoms with Crippen molar-refractivity contribution in [2.45, 2.75) is 52.7 Å². The summed E-state index contributed by atoms with van der Waals surface area (Å²) >= 11 is 0. The average Bonchev–Trinajstić information content (AvgIpc) is 2.48. The van der Waals surface area contributed by atoms with Gasteiger partial charge in [-0.25, -0.2) is 0 Å². The molecule has 1 heterocycles. The molecule has 0 saturated carbocycles. The number of benzene rings is 1. The molecule has 18 heavy (non-hydrogen) atoms. The highest BCUT2D eigenvalue weighted by molar-refractivity contribution is 5.42. The lowest BCUT2D eigenvalue weighted by molar-refractivity contribution is 0.0951. The third kappa shape index (κ3) is 2.86. The van der Waals surface area contributed by atoms with Gasteiger partial charge in [0.25, 0.3) is 0 Å². The molecular formula is C16H25NO. The Balaban J connectivity index is 2.07. The van der Waals surface area contributed by atoms with Crippen LogP contribution in [-0.4, -0.2) is 12.1 Å². The molecule has 0 bridgehead atoms. The molecular weight excluding hydrogens is 222 g/mol. The minimum atomic E-state index is -0.165. The Morgan fingerprint density at radius 3 is 2.56 bits per heavy atom. The van der Waals surface area contributed by atoms with Crippen molar-refractivity contribution in [3.8, 4) is 5.75 Å². The van der Waals surface area contributed by atoms with Crippen molar-refractivity contribution in [3.63, 3.8) is 0 Å². The van der Waals surface area contributed by atoms with Gasteiger partial charge in [0, 0.05) is 5.56 Å². The molecule has 2 heteroatoms. The number of hydrogen-bond acceptors (Lipinski definition) is 2. The highest BCUT2D eigenvalue weighted by atomic mass is 16.5. The lowest BCUT2D eigenvalue weighted by Gasteiger charge is -2.28. The summed E-state index contributed by atoms with van der Waals surface area (Å²) in [6, 6.07) is 8.63. The van der Waals surface area contributed by atoms with Crippen molar-refractivity contribution in [1.29, 1.82) is 0 Å². The Kier molecular flexibility index (Phi) is 3.41. The largest absolute Gasteiger partial charge is 0.486 e. The third-order valence-electron chi connectivity index (χ3n) is 3.52. The van der Waals surface area contributed by atoms with Gasteiger partial charge in [0.2, 0.25) is 0 Å². The third-order valence-corrected chi connectivity index (χ3v) is 3.52. The van der Waals surface area contributed by atoms with Crippen LogP contribution in [0.5, 0.6) is 5.75 Å². The van der Waals surface area contributed by atoms with Crippen LogP contribution in [0.1, 0.15) is 52.6 Å². The highest BCUT2D eigenvalue weighted by Crippen LogP contribution is 2.42. The summed E-state index contributed by atoms with van der Waals surface area (Å²) in [5.74, 6) is 1.02. The van der Waals surface area contributed by atoms with Gasteiger partial charge in [-0.15, -0.1) is 0 Å². The fraction of sp³-hybridized carbons (Fsp3) is 0.625. The zero-order chi connectivity index (χ0) is 13.4. The van der Waals surface area contributed by atoms with E-state index >= 15 is 0 Å². The van der Waals surface area contributed by atoms with Gasteiger partial charge in [0.1, 0.15) is 11.4 Å². The number of fused-ring (bicyclic) bond motifs is 1. The van der Waals surface area contributed by atoms with Gasteiger partial charge in [-0.2, -0.15) is 0 Å². The topological polar surface area (TPSA) is 21.3 Å². The van der Waals surface area contributed by atoms with Crippen LogP contribution in [0.25, 0.3) is 0 Å². The first kappa shape index (κ1) is 13.4. The van der Waals surface area contributed by atoms with Crippen molar-refractivity contribution < 1.29 is 4.74 Å². The molecule has 1 unspecified atom stereocenters. The molecule has 1 aromatic rings. The average molecular weight is 247 g/mol. The van der Waals surface area contributed by atoms with Crippen LogP contribution in [0.3, 0.4) is 0 Å². The molecule has 0 amide bonds. The minimum absolute atomic E-state index is 0.165. The summed E-state index contributed by atoms with van der Waals surface area (Å²) in [6.45, 7) is 12.2. The van der Waals surface area contributed by atoms with Crippen LogP contribution >= 0.6 is 0 Å². The van der Waals surface area contributed by atoms with Crippen molar-refractivity contribution in [3.05, 3.63) is 29.8 Å². The van der Waals surface area contributed by atoms with Gasteiger partial charge in [-0.3, -0.25) is 0 Å². The molecule has 2 rings (SSSR count). The Bertz CT molecular complexity index is 417. The molecule has 1 N–H and O–H groups in total. The lowest BCUT2D eigenvalue weighted by atomic mass is 9.90. The smallest absolute Gasteiger partial charge is 0.125 e. The standard InChI is InChI=1S/C16H25NO/c1-15(2,3)10-11-17-14-12-8-6-7-9-13(12)18-16(14,4)5/h6-9,14,17H,10-11H2,1-5H3. The van der Waals surface area contributed by atoms with E-state index < -0.39 is 0 Å². The lowest BCUT2D eigenvalue weighted by Crippen LogP contribution is -2.40. The number of ether oxygens (including phenoxy) is 1. The molecule has 1 atom stereocenters. The van der Waals surface area contributed by atoms with E-state index in [4.69, 9.17) is 4.74 Å². The zero-order valence-corrected chi connectivity index (χ0v) is 12.2. The number of rotatable bonds is 3. The molecule has 1 aromatic carbocycles. The predicted molar refractivity (Wildman–Crippen MR) is 76.0 cm³/mol. The second-order valence-electron chi connectivity index (χ2n) is 6.94. The first-order chi connectivity index (χ1) is 8.30. The second kappa shape index (κ2) is 4.58. The number of nitrogens with one attached hydrogen (secondary N) is 1. The second-order valence-corrected chi connectivity index (χ2v) is 6.94. The summed E-state index contributed by atoms with van der Waals surface area (Å²) in [7, 11) is 0. The first-order valence-electron chi connectivity index (χ1n) is 6.81. The Hall–Kier alpha value is -1.02. The van der Waals surface area contributed by atoms with Crippen LogP contribution < -0.4 is 10.1 Å². The summed E-state index contributed by atoms with van der Waals surface area (Å²) < 4.78 is 6.03. The summed E-state index contributed by atoms with van der Waals surface area (Å²) in [6.07, 6.45) is 1.17. The fourth-order valence-corrected chi connectivity index (χ4v) is 2.48. The molecule has 0 radical (unpaired) electrons. The molecule has 1 aliphatic heterocycles. The predicted octanol–water partition coefficient (Wildman–Crippen LogP) is 3.92. The molecule has 100 valence electrons. The van der Waals surface area contributed by atoms with E-state index in [1.54, 1.807) is 0 Å². The number of para-hydroxylation sites is 1. The van der Waals surface area contributed by atoms with Crippen LogP contribution in [0, 0.1) is 5.41 Å². The van der Waals surface area contributed by atoms with E-state index in [2.05, 4.69) is 58.1 Å².